The van der Waals surface area contributed by atoms with E-state index >= 15 is 0 Å². The molecule has 0 heterocycles. The van der Waals surface area contributed by atoms with Crippen LogP contribution < -0.4 is 10.0 Å². The van der Waals surface area contributed by atoms with Crippen LogP contribution in [0.15, 0.2) is 77.7 Å². The molecule has 0 aromatic heterocycles. The Morgan fingerprint density at radius 2 is 1.68 bits per heavy atom. The van der Waals surface area contributed by atoms with Crippen LogP contribution >= 0.6 is 0 Å². The number of benzene rings is 3. The molecule has 0 bridgehead atoms. The number of nitrogens with zero attached hydrogens (tertiary/aromatic N) is 1. The van der Waals surface area contributed by atoms with Crippen molar-refractivity contribution in [1.82, 2.24) is 0 Å². The molecule has 0 atom stereocenters. The molecule has 0 aliphatic carbocycles. The lowest BCUT2D eigenvalue weighted by Crippen LogP contribution is -2.16. The molecule has 0 unspecified atom stereocenters. The fraction of sp³-hybridized carbons (Fsp3) is 0.0476. The third kappa shape index (κ3) is 4.37. The highest BCUT2D eigenvalue weighted by molar-refractivity contribution is 7.92. The molecule has 0 radical (unpaired) electrons. The van der Waals surface area contributed by atoms with Crippen LogP contribution in [0.25, 0.3) is 0 Å². The fourth-order valence-corrected chi connectivity index (χ4v) is 3.63. The van der Waals surface area contributed by atoms with Gasteiger partial charge in [-0.25, -0.2) is 8.42 Å². The lowest BCUT2D eigenvalue weighted by atomic mass is 10.1. The zero-order valence-corrected chi connectivity index (χ0v) is 15.8. The quantitative estimate of drug-likeness (QED) is 0.688. The summed E-state index contributed by atoms with van der Waals surface area (Å²) >= 11 is 0. The van der Waals surface area contributed by atoms with Crippen molar-refractivity contribution in [3.05, 3.63) is 89.5 Å². The van der Waals surface area contributed by atoms with E-state index < -0.39 is 15.9 Å². The topological polar surface area (TPSA) is 99.1 Å². The van der Waals surface area contributed by atoms with Crippen molar-refractivity contribution in [3.8, 4) is 6.07 Å². The maximum Gasteiger partial charge on any atom is 0.261 e. The van der Waals surface area contributed by atoms with Crippen molar-refractivity contribution in [3.63, 3.8) is 0 Å². The number of hydrogen-bond acceptors (Lipinski definition) is 4. The number of anilines is 2. The lowest BCUT2D eigenvalue weighted by molar-refractivity contribution is 0.102. The summed E-state index contributed by atoms with van der Waals surface area (Å²) in [5.41, 5.74) is 2.30. The highest BCUT2D eigenvalue weighted by Gasteiger charge is 2.17. The van der Waals surface area contributed by atoms with Crippen molar-refractivity contribution in [2.75, 3.05) is 10.0 Å². The van der Waals surface area contributed by atoms with Crippen LogP contribution in [-0.4, -0.2) is 14.3 Å². The number of nitrogens with one attached hydrogen (secondary N) is 2. The second-order valence-electron chi connectivity index (χ2n) is 6.11. The van der Waals surface area contributed by atoms with E-state index in [9.17, 15) is 13.2 Å². The molecular formula is C21H17N3O3S. The van der Waals surface area contributed by atoms with Gasteiger partial charge in [-0.1, -0.05) is 35.9 Å². The highest BCUT2D eigenvalue weighted by Crippen LogP contribution is 2.19. The Kier molecular flexibility index (Phi) is 5.43. The van der Waals surface area contributed by atoms with Crippen LogP contribution in [0.2, 0.25) is 0 Å². The molecule has 0 fully saturated rings. The second kappa shape index (κ2) is 7.94. The van der Waals surface area contributed by atoms with Crippen molar-refractivity contribution >= 4 is 27.3 Å². The van der Waals surface area contributed by atoms with Crippen LogP contribution in [0.1, 0.15) is 21.5 Å². The summed E-state index contributed by atoms with van der Waals surface area (Å²) in [6.07, 6.45) is 0. The molecule has 3 aromatic carbocycles. The Balaban J connectivity index is 1.84. The minimum absolute atomic E-state index is 0.0331. The van der Waals surface area contributed by atoms with Gasteiger partial charge in [0.15, 0.2) is 0 Å². The SMILES string of the molecule is Cc1ccc(NS(=O)(=O)c2cccc(C(=O)Nc3ccccc3C#N)c2)cc1. The van der Waals surface area contributed by atoms with E-state index in [2.05, 4.69) is 10.0 Å². The monoisotopic (exact) mass is 391 g/mol. The maximum absolute atomic E-state index is 12.6. The van der Waals surface area contributed by atoms with Crippen molar-refractivity contribution in [1.29, 1.82) is 5.26 Å². The molecule has 3 rings (SSSR count). The summed E-state index contributed by atoms with van der Waals surface area (Å²) in [6, 6.07) is 21.2. The van der Waals surface area contributed by atoms with Crippen molar-refractivity contribution in [2.45, 2.75) is 11.8 Å². The predicted molar refractivity (Wildman–Crippen MR) is 108 cm³/mol. The zero-order valence-electron chi connectivity index (χ0n) is 15.0. The number of rotatable bonds is 5. The summed E-state index contributed by atoms with van der Waals surface area (Å²) in [6.45, 7) is 1.91. The van der Waals surface area contributed by atoms with Crippen molar-refractivity contribution < 1.29 is 13.2 Å². The van der Waals surface area contributed by atoms with Gasteiger partial charge in [0.1, 0.15) is 6.07 Å². The molecule has 2 N–H and O–H groups in total. The molecule has 0 aliphatic rings. The molecule has 0 aliphatic heterocycles. The van der Waals surface area contributed by atoms with Gasteiger partial charge in [-0.2, -0.15) is 5.26 Å². The van der Waals surface area contributed by atoms with E-state index in [4.69, 9.17) is 5.26 Å². The number of para-hydroxylation sites is 1. The van der Waals surface area contributed by atoms with Gasteiger partial charge < -0.3 is 5.32 Å². The van der Waals surface area contributed by atoms with Crippen LogP contribution in [0.5, 0.6) is 0 Å². The van der Waals surface area contributed by atoms with Gasteiger partial charge in [0, 0.05) is 11.3 Å². The number of carbonyl (C=O) groups is 1. The maximum atomic E-state index is 12.6. The van der Waals surface area contributed by atoms with E-state index in [1.165, 1.54) is 24.3 Å². The molecule has 3 aromatic rings. The standard InChI is InChI=1S/C21H17N3O3S/c1-15-9-11-18(12-10-15)24-28(26,27)19-7-4-6-16(13-19)21(25)23-20-8-3-2-5-17(20)14-22/h2-13,24H,1H3,(H,23,25). The molecule has 0 saturated carbocycles. The summed E-state index contributed by atoms with van der Waals surface area (Å²) in [5, 5.41) is 11.8. The van der Waals surface area contributed by atoms with Gasteiger partial charge in [-0.3, -0.25) is 9.52 Å². The smallest absolute Gasteiger partial charge is 0.261 e. The minimum Gasteiger partial charge on any atom is -0.321 e. The average molecular weight is 391 g/mol. The minimum atomic E-state index is -3.85. The summed E-state index contributed by atoms with van der Waals surface area (Å²) in [4.78, 5) is 12.5. The third-order valence-corrected chi connectivity index (χ3v) is 5.38. The highest BCUT2D eigenvalue weighted by atomic mass is 32.2. The summed E-state index contributed by atoms with van der Waals surface area (Å²) < 4.78 is 27.8. The predicted octanol–water partition coefficient (Wildman–Crippen LogP) is 3.92. The molecule has 6 nitrogen and oxygen atoms in total. The Morgan fingerprint density at radius 3 is 2.39 bits per heavy atom. The Morgan fingerprint density at radius 1 is 0.964 bits per heavy atom. The van der Waals surface area contributed by atoms with Crippen LogP contribution in [0.3, 0.4) is 0 Å². The van der Waals surface area contributed by atoms with Crippen LogP contribution in [-0.2, 0) is 10.0 Å². The Labute approximate surface area is 163 Å². The molecule has 140 valence electrons. The van der Waals surface area contributed by atoms with E-state index in [0.717, 1.165) is 5.56 Å². The Hall–Kier alpha value is -3.63. The molecule has 0 spiro atoms. The van der Waals surface area contributed by atoms with Gasteiger partial charge >= 0.3 is 0 Å². The van der Waals surface area contributed by atoms with Gasteiger partial charge in [0.2, 0.25) is 0 Å². The first-order valence-electron chi connectivity index (χ1n) is 8.39. The summed E-state index contributed by atoms with van der Waals surface area (Å²) in [7, 11) is -3.85. The van der Waals surface area contributed by atoms with Crippen molar-refractivity contribution in [2.24, 2.45) is 0 Å². The van der Waals surface area contributed by atoms with E-state index in [0.29, 0.717) is 16.9 Å². The first-order chi connectivity index (χ1) is 13.4. The lowest BCUT2D eigenvalue weighted by Gasteiger charge is -2.10. The summed E-state index contributed by atoms with van der Waals surface area (Å²) in [5.74, 6) is -0.505. The first-order valence-corrected chi connectivity index (χ1v) is 9.87. The molecule has 1 amide bonds. The van der Waals surface area contributed by atoms with Gasteiger partial charge in [0.25, 0.3) is 15.9 Å². The number of hydrogen-bond donors (Lipinski definition) is 2. The first kappa shape index (κ1) is 19.1. The van der Waals surface area contributed by atoms with E-state index in [1.54, 1.807) is 48.5 Å². The number of amides is 1. The number of sulfonamides is 1. The van der Waals surface area contributed by atoms with Crippen LogP contribution in [0.4, 0.5) is 11.4 Å². The van der Waals surface area contributed by atoms with E-state index in [1.807, 2.05) is 13.0 Å². The number of nitriles is 1. The molecule has 28 heavy (non-hydrogen) atoms. The second-order valence-corrected chi connectivity index (χ2v) is 7.79. The van der Waals surface area contributed by atoms with Gasteiger partial charge in [-0.15, -0.1) is 0 Å². The van der Waals surface area contributed by atoms with Gasteiger partial charge in [-0.05, 0) is 49.4 Å². The van der Waals surface area contributed by atoms with Gasteiger partial charge in [0.05, 0.1) is 16.1 Å². The Bertz CT molecular complexity index is 1160. The molecule has 0 saturated heterocycles. The average Bonchev–Trinajstić information content (AvgIpc) is 2.70. The number of carbonyl (C=O) groups excluding carboxylic acids is 1. The molecule has 7 heteroatoms. The normalized spacial score (nSPS) is 10.7. The largest absolute Gasteiger partial charge is 0.321 e. The zero-order chi connectivity index (χ0) is 20.1. The molecular weight excluding hydrogens is 374 g/mol. The number of aryl methyl sites for hydroxylation is 1. The van der Waals surface area contributed by atoms with E-state index in [-0.39, 0.29) is 10.5 Å². The van der Waals surface area contributed by atoms with Crippen LogP contribution in [0, 0.1) is 18.3 Å². The fourth-order valence-electron chi connectivity index (χ4n) is 2.52. The third-order valence-electron chi connectivity index (χ3n) is 4.01.